The lowest BCUT2D eigenvalue weighted by Gasteiger charge is -2.41. The van der Waals surface area contributed by atoms with Gasteiger partial charge in [-0.15, -0.1) is 0 Å². The molecular formula is C21H27N3O4. The first-order valence-corrected chi connectivity index (χ1v) is 9.87. The minimum Gasteiger partial charge on any atom is -0.384 e. The molecule has 4 rings (SSSR count). The Hall–Kier alpha value is -2.38. The molecule has 1 saturated carbocycles. The molecule has 150 valence electrons. The van der Waals surface area contributed by atoms with E-state index in [1.165, 1.54) is 6.42 Å². The van der Waals surface area contributed by atoms with Crippen LogP contribution in [0.5, 0.6) is 0 Å². The molecule has 2 fully saturated rings. The van der Waals surface area contributed by atoms with Crippen molar-refractivity contribution in [1.82, 2.24) is 10.5 Å². The Morgan fingerprint density at radius 2 is 2.00 bits per heavy atom. The van der Waals surface area contributed by atoms with Crippen LogP contribution in [-0.2, 0) is 9.47 Å². The number of nitrogens with one attached hydrogen (secondary N) is 1. The number of morpholine rings is 1. The highest BCUT2D eigenvalue weighted by molar-refractivity contribution is 6.04. The molecule has 0 spiro atoms. The van der Waals surface area contributed by atoms with Crippen molar-refractivity contribution in [2.75, 3.05) is 51.5 Å². The summed E-state index contributed by atoms with van der Waals surface area (Å²) in [5, 5.41) is 7.39. The third-order valence-electron chi connectivity index (χ3n) is 5.74. The fourth-order valence-corrected chi connectivity index (χ4v) is 3.98. The maximum atomic E-state index is 13.2. The number of ether oxygens (including phenoxy) is 2. The zero-order valence-electron chi connectivity index (χ0n) is 16.3. The van der Waals surface area contributed by atoms with Crippen LogP contribution in [0.2, 0.25) is 0 Å². The Balaban J connectivity index is 1.61. The van der Waals surface area contributed by atoms with Crippen LogP contribution in [-0.4, -0.2) is 57.6 Å². The van der Waals surface area contributed by atoms with Crippen molar-refractivity contribution >= 4 is 11.7 Å². The molecule has 0 radical (unpaired) electrons. The molecule has 1 aliphatic heterocycles. The second kappa shape index (κ2) is 8.32. The van der Waals surface area contributed by atoms with Crippen LogP contribution in [0.4, 0.5) is 5.82 Å². The predicted octanol–water partition coefficient (Wildman–Crippen LogP) is 2.72. The third kappa shape index (κ3) is 3.77. The average molecular weight is 385 g/mol. The Morgan fingerprint density at radius 3 is 2.64 bits per heavy atom. The van der Waals surface area contributed by atoms with Crippen LogP contribution < -0.4 is 10.2 Å². The van der Waals surface area contributed by atoms with Gasteiger partial charge < -0.3 is 24.2 Å². The molecule has 0 bridgehead atoms. The molecular weight excluding hydrogens is 358 g/mol. The molecule has 7 nitrogen and oxygen atoms in total. The molecule has 2 aromatic rings. The number of rotatable bonds is 7. The topological polar surface area (TPSA) is 76.8 Å². The number of amides is 1. The molecule has 28 heavy (non-hydrogen) atoms. The summed E-state index contributed by atoms with van der Waals surface area (Å²) in [6.45, 7) is 3.88. The van der Waals surface area contributed by atoms with Gasteiger partial charge in [0.25, 0.3) is 5.91 Å². The largest absolute Gasteiger partial charge is 0.384 e. The first-order valence-electron chi connectivity index (χ1n) is 9.87. The predicted molar refractivity (Wildman–Crippen MR) is 105 cm³/mol. The van der Waals surface area contributed by atoms with E-state index in [2.05, 4.69) is 15.4 Å². The van der Waals surface area contributed by atoms with Crippen molar-refractivity contribution in [1.29, 1.82) is 0 Å². The number of nitrogens with zero attached hydrogens (tertiary/aromatic N) is 2. The highest BCUT2D eigenvalue weighted by Gasteiger charge is 2.38. The van der Waals surface area contributed by atoms with Gasteiger partial charge in [-0.25, -0.2) is 0 Å². The van der Waals surface area contributed by atoms with Crippen molar-refractivity contribution in [2.45, 2.75) is 19.3 Å². The second-order valence-electron chi connectivity index (χ2n) is 7.64. The molecule has 2 heterocycles. The quantitative estimate of drug-likeness (QED) is 0.790. The number of hydrogen-bond acceptors (Lipinski definition) is 6. The lowest BCUT2D eigenvalue weighted by Crippen LogP contribution is -2.45. The number of methoxy groups -OCH3 is 1. The minimum atomic E-state index is -0.149. The van der Waals surface area contributed by atoms with Crippen LogP contribution in [0.1, 0.15) is 29.6 Å². The van der Waals surface area contributed by atoms with E-state index in [0.717, 1.165) is 18.4 Å². The van der Waals surface area contributed by atoms with Gasteiger partial charge in [-0.05, 0) is 12.8 Å². The number of anilines is 1. The second-order valence-corrected chi connectivity index (χ2v) is 7.64. The molecule has 1 aromatic carbocycles. The van der Waals surface area contributed by atoms with Crippen molar-refractivity contribution in [3.8, 4) is 11.3 Å². The number of benzene rings is 1. The Labute approximate surface area is 165 Å². The van der Waals surface area contributed by atoms with Crippen molar-refractivity contribution in [3.63, 3.8) is 0 Å². The number of carbonyl (C=O) groups excluding carboxylic acids is 1. The van der Waals surface area contributed by atoms with Gasteiger partial charge in [0.05, 0.1) is 19.8 Å². The number of carbonyl (C=O) groups is 1. The molecule has 1 N–H and O–H groups in total. The summed E-state index contributed by atoms with van der Waals surface area (Å²) in [7, 11) is 1.71. The minimum absolute atomic E-state index is 0.0492. The summed E-state index contributed by atoms with van der Waals surface area (Å²) in [5.41, 5.74) is 1.39. The van der Waals surface area contributed by atoms with Crippen molar-refractivity contribution in [2.24, 2.45) is 5.41 Å². The summed E-state index contributed by atoms with van der Waals surface area (Å²) < 4.78 is 16.5. The molecule has 0 unspecified atom stereocenters. The fourth-order valence-electron chi connectivity index (χ4n) is 3.98. The molecule has 1 amide bonds. The van der Waals surface area contributed by atoms with E-state index in [9.17, 15) is 4.79 Å². The van der Waals surface area contributed by atoms with Crippen LogP contribution in [0.15, 0.2) is 34.9 Å². The Kier molecular flexibility index (Phi) is 5.64. The Morgan fingerprint density at radius 1 is 1.25 bits per heavy atom. The maximum absolute atomic E-state index is 13.2. The lowest BCUT2D eigenvalue weighted by atomic mass is 9.69. The highest BCUT2D eigenvalue weighted by Crippen LogP contribution is 2.40. The van der Waals surface area contributed by atoms with E-state index in [-0.39, 0.29) is 11.3 Å². The van der Waals surface area contributed by atoms with Crippen LogP contribution >= 0.6 is 0 Å². The van der Waals surface area contributed by atoms with E-state index in [1.54, 1.807) is 7.11 Å². The van der Waals surface area contributed by atoms with Gasteiger partial charge in [-0.1, -0.05) is 41.9 Å². The first kappa shape index (κ1) is 19.0. The van der Waals surface area contributed by atoms with Gasteiger partial charge in [0, 0.05) is 37.7 Å². The van der Waals surface area contributed by atoms with Gasteiger partial charge in [0.2, 0.25) is 0 Å². The molecule has 1 saturated heterocycles. The van der Waals surface area contributed by atoms with Gasteiger partial charge in [0.1, 0.15) is 5.56 Å². The van der Waals surface area contributed by atoms with Gasteiger partial charge in [-0.2, -0.15) is 0 Å². The lowest BCUT2D eigenvalue weighted by molar-refractivity contribution is 0.0180. The molecule has 0 atom stereocenters. The smallest absolute Gasteiger partial charge is 0.259 e. The average Bonchev–Trinajstić information content (AvgIpc) is 3.16. The van der Waals surface area contributed by atoms with E-state index >= 15 is 0 Å². The first-order chi connectivity index (χ1) is 13.7. The third-order valence-corrected chi connectivity index (χ3v) is 5.74. The Bertz CT molecular complexity index is 795. The summed E-state index contributed by atoms with van der Waals surface area (Å²) in [4.78, 5) is 15.3. The van der Waals surface area contributed by atoms with Gasteiger partial charge >= 0.3 is 0 Å². The zero-order chi connectivity index (χ0) is 19.4. The maximum Gasteiger partial charge on any atom is 0.259 e. The van der Waals surface area contributed by atoms with Crippen molar-refractivity contribution in [3.05, 3.63) is 35.9 Å². The molecule has 2 aliphatic rings. The van der Waals surface area contributed by atoms with Crippen LogP contribution in [0.25, 0.3) is 11.3 Å². The van der Waals surface area contributed by atoms with E-state index in [4.69, 9.17) is 14.0 Å². The fraction of sp³-hybridized carbons (Fsp3) is 0.524. The number of aromatic nitrogens is 1. The van der Waals surface area contributed by atoms with Crippen LogP contribution in [0, 0.1) is 5.41 Å². The zero-order valence-corrected chi connectivity index (χ0v) is 16.3. The van der Waals surface area contributed by atoms with Crippen molar-refractivity contribution < 1.29 is 18.8 Å². The molecule has 1 aliphatic carbocycles. The standard InChI is InChI=1S/C21H27N3O4/c1-26-15-21(8-5-9-21)14-22-20(25)17-18(16-6-3-2-4-7-16)28-23-19(17)24-10-12-27-13-11-24/h2-4,6-7H,5,8-15H2,1H3,(H,22,25). The molecule has 7 heteroatoms. The normalized spacial score (nSPS) is 18.5. The number of hydrogen-bond donors (Lipinski definition) is 1. The van der Waals surface area contributed by atoms with E-state index in [1.807, 2.05) is 30.3 Å². The van der Waals surface area contributed by atoms with E-state index < -0.39 is 0 Å². The highest BCUT2D eigenvalue weighted by atomic mass is 16.5. The van der Waals surface area contributed by atoms with Crippen LogP contribution in [0.3, 0.4) is 0 Å². The van der Waals surface area contributed by atoms with Gasteiger partial charge in [-0.3, -0.25) is 4.79 Å². The molecule has 1 aromatic heterocycles. The summed E-state index contributed by atoms with van der Waals surface area (Å²) >= 11 is 0. The van der Waals surface area contributed by atoms with Gasteiger partial charge in [0.15, 0.2) is 11.6 Å². The monoisotopic (exact) mass is 385 g/mol. The summed E-state index contributed by atoms with van der Waals surface area (Å²) in [5.74, 6) is 0.951. The van der Waals surface area contributed by atoms with E-state index in [0.29, 0.717) is 56.6 Å². The SMILES string of the molecule is COCC1(CNC(=O)c2c(N3CCOCC3)noc2-c2ccccc2)CCC1. The summed E-state index contributed by atoms with van der Waals surface area (Å²) in [6.07, 6.45) is 3.33. The summed E-state index contributed by atoms with van der Waals surface area (Å²) in [6, 6.07) is 9.65.